The molecule has 4 rings (SSSR count). The number of aromatic hydroxyl groups is 2. The average molecular weight is 305 g/mol. The smallest absolute Gasteiger partial charge is 0.401 e. The first-order valence-corrected chi connectivity index (χ1v) is 7.78. The lowest BCUT2D eigenvalue weighted by atomic mass is 9.90. The molecule has 2 N–H and O–H groups in total. The monoisotopic (exact) mass is 305 g/mol. The van der Waals surface area contributed by atoms with E-state index in [4.69, 9.17) is 4.42 Å². The van der Waals surface area contributed by atoms with E-state index in [1.807, 2.05) is 24.3 Å². The van der Waals surface area contributed by atoms with Gasteiger partial charge in [0.2, 0.25) is 5.75 Å². The molecule has 1 aromatic heterocycles. The Hall–Kier alpha value is -2.81. The molecule has 1 aliphatic carbocycles. The van der Waals surface area contributed by atoms with Crippen LogP contribution in [0.25, 0.3) is 22.6 Å². The third kappa shape index (κ3) is 2.55. The fourth-order valence-corrected chi connectivity index (χ4v) is 3.14. The van der Waals surface area contributed by atoms with Crippen molar-refractivity contribution in [3.63, 3.8) is 0 Å². The third-order valence-corrected chi connectivity index (χ3v) is 4.27. The lowest BCUT2D eigenvalue weighted by Gasteiger charge is -2.11. The third-order valence-electron chi connectivity index (χ3n) is 4.27. The van der Waals surface area contributed by atoms with Crippen molar-refractivity contribution < 1.29 is 14.6 Å². The summed E-state index contributed by atoms with van der Waals surface area (Å²) in [6.45, 7) is 0. The number of fused-ring (bicyclic) bond motifs is 2. The highest BCUT2D eigenvalue weighted by atomic mass is 16.4. The molecule has 0 bridgehead atoms. The highest BCUT2D eigenvalue weighted by molar-refractivity contribution is 5.87. The number of aryl methyl sites for hydroxylation is 1. The normalized spacial score (nSPS) is 15.7. The Kier molecular flexibility index (Phi) is 3.27. The minimum Gasteiger partial charge on any atom is -0.508 e. The Balaban J connectivity index is 1.87. The Morgan fingerprint density at radius 1 is 0.957 bits per heavy atom. The zero-order valence-electron chi connectivity index (χ0n) is 12.6. The van der Waals surface area contributed by atoms with Crippen LogP contribution in [0.5, 0.6) is 11.5 Å². The van der Waals surface area contributed by atoms with Crippen LogP contribution >= 0.6 is 0 Å². The molecular weight excluding hydrogens is 288 g/mol. The average Bonchev–Trinajstić information content (AvgIpc) is 2.56. The van der Waals surface area contributed by atoms with E-state index in [-0.39, 0.29) is 11.5 Å². The number of hydrogen-bond acceptors (Lipinski definition) is 2. The van der Waals surface area contributed by atoms with Gasteiger partial charge in [-0.25, -0.2) is 4.42 Å². The first-order valence-electron chi connectivity index (χ1n) is 7.78. The van der Waals surface area contributed by atoms with E-state index in [2.05, 4.69) is 12.1 Å². The number of hydrogen-bond donors (Lipinski definition) is 2. The second-order valence-electron chi connectivity index (χ2n) is 5.91. The van der Waals surface area contributed by atoms with Crippen molar-refractivity contribution in [2.75, 3.05) is 0 Å². The molecule has 0 atom stereocenters. The van der Waals surface area contributed by atoms with Crippen LogP contribution in [-0.4, -0.2) is 10.2 Å². The van der Waals surface area contributed by atoms with E-state index < -0.39 is 0 Å². The van der Waals surface area contributed by atoms with E-state index in [0.717, 1.165) is 41.5 Å². The summed E-state index contributed by atoms with van der Waals surface area (Å²) < 4.78 is 6.06. The van der Waals surface area contributed by atoms with Gasteiger partial charge in [0.25, 0.3) is 0 Å². The van der Waals surface area contributed by atoms with Crippen molar-refractivity contribution in [2.45, 2.75) is 19.3 Å². The van der Waals surface area contributed by atoms with Gasteiger partial charge in [0.1, 0.15) is 5.75 Å². The Labute approximate surface area is 134 Å². The molecule has 1 heterocycles. The standard InChI is InChI=1S/C20H16O3/c21-17-9-7-13(8-10-17)11-14-3-1-4-15-12-16-5-2-6-18(22)20(16)23-19(14)15/h2,5-12H,1,3-4H2,(H-,21,22)/p+1/b14-11+. The van der Waals surface area contributed by atoms with Crippen LogP contribution in [0.4, 0.5) is 0 Å². The summed E-state index contributed by atoms with van der Waals surface area (Å²) in [5, 5.41) is 20.4. The van der Waals surface area contributed by atoms with Crippen molar-refractivity contribution in [3.05, 3.63) is 65.4 Å². The molecule has 0 saturated carbocycles. The van der Waals surface area contributed by atoms with Crippen molar-refractivity contribution in [3.8, 4) is 11.5 Å². The quantitative estimate of drug-likeness (QED) is 0.622. The van der Waals surface area contributed by atoms with Crippen LogP contribution in [-0.2, 0) is 6.42 Å². The number of para-hydroxylation sites is 1. The molecule has 23 heavy (non-hydrogen) atoms. The highest BCUT2D eigenvalue weighted by Gasteiger charge is 2.28. The van der Waals surface area contributed by atoms with Crippen molar-refractivity contribution in [1.82, 2.24) is 0 Å². The maximum Gasteiger partial charge on any atom is 0.401 e. The SMILES string of the molecule is Oc1ccc(/C=C2\CCCc3cc4cccc(O)c4[o+]c32)cc1. The van der Waals surface area contributed by atoms with Crippen LogP contribution in [0.15, 0.2) is 52.9 Å². The molecule has 0 fully saturated rings. The Morgan fingerprint density at radius 2 is 1.78 bits per heavy atom. The first-order chi connectivity index (χ1) is 11.2. The van der Waals surface area contributed by atoms with Crippen LogP contribution in [0, 0.1) is 0 Å². The van der Waals surface area contributed by atoms with Gasteiger partial charge < -0.3 is 10.2 Å². The largest absolute Gasteiger partial charge is 0.508 e. The summed E-state index contributed by atoms with van der Waals surface area (Å²) >= 11 is 0. The number of phenols is 2. The summed E-state index contributed by atoms with van der Waals surface area (Å²) in [4.78, 5) is 0. The van der Waals surface area contributed by atoms with Gasteiger partial charge in [-0.15, -0.1) is 0 Å². The van der Waals surface area contributed by atoms with E-state index in [9.17, 15) is 10.2 Å². The van der Waals surface area contributed by atoms with Gasteiger partial charge in [-0.05, 0) is 61.2 Å². The van der Waals surface area contributed by atoms with Gasteiger partial charge in [0.05, 0.1) is 16.5 Å². The van der Waals surface area contributed by atoms with Crippen molar-refractivity contribution in [2.24, 2.45) is 0 Å². The van der Waals surface area contributed by atoms with Crippen LogP contribution in [0.3, 0.4) is 0 Å². The Bertz CT molecular complexity index is 908. The second kappa shape index (κ2) is 5.43. The minimum atomic E-state index is 0.167. The molecule has 2 aromatic carbocycles. The fourth-order valence-electron chi connectivity index (χ4n) is 3.14. The topological polar surface area (TPSA) is 51.8 Å². The summed E-state index contributed by atoms with van der Waals surface area (Å²) in [6.07, 6.45) is 5.09. The predicted molar refractivity (Wildman–Crippen MR) is 91.2 cm³/mol. The molecule has 0 spiro atoms. The highest BCUT2D eigenvalue weighted by Crippen LogP contribution is 2.37. The number of benzene rings is 2. The summed E-state index contributed by atoms with van der Waals surface area (Å²) in [5.41, 5.74) is 3.87. The second-order valence-corrected chi connectivity index (χ2v) is 5.91. The zero-order chi connectivity index (χ0) is 15.8. The van der Waals surface area contributed by atoms with Gasteiger partial charge in [-0.3, -0.25) is 0 Å². The molecular formula is C20H17O3+. The molecule has 0 radical (unpaired) electrons. The predicted octanol–water partition coefficient (Wildman–Crippen LogP) is 5.00. The number of allylic oxidation sites excluding steroid dienone is 1. The molecule has 3 nitrogen and oxygen atoms in total. The molecule has 0 amide bonds. The van der Waals surface area contributed by atoms with E-state index in [0.29, 0.717) is 5.58 Å². The summed E-state index contributed by atoms with van der Waals surface area (Å²) in [5.74, 6) is 1.29. The molecule has 0 unspecified atom stereocenters. The van der Waals surface area contributed by atoms with Crippen molar-refractivity contribution >= 4 is 22.6 Å². The van der Waals surface area contributed by atoms with Gasteiger partial charge >= 0.3 is 11.3 Å². The zero-order valence-corrected chi connectivity index (χ0v) is 12.6. The maximum atomic E-state index is 10.0. The van der Waals surface area contributed by atoms with Crippen LogP contribution < -0.4 is 0 Å². The van der Waals surface area contributed by atoms with Crippen LogP contribution in [0.1, 0.15) is 29.7 Å². The first kappa shape index (κ1) is 13.8. The van der Waals surface area contributed by atoms with Gasteiger partial charge in [0.15, 0.2) is 0 Å². The van der Waals surface area contributed by atoms with Gasteiger partial charge in [-0.1, -0.05) is 18.2 Å². The number of phenolic OH excluding ortho intramolecular Hbond substituents is 2. The summed E-state index contributed by atoms with van der Waals surface area (Å²) in [7, 11) is 0. The molecule has 114 valence electrons. The van der Waals surface area contributed by atoms with E-state index in [1.165, 1.54) is 5.56 Å². The molecule has 3 heteroatoms. The molecule has 1 aliphatic rings. The summed E-state index contributed by atoms with van der Waals surface area (Å²) in [6, 6.07) is 14.7. The molecule has 0 aliphatic heterocycles. The maximum absolute atomic E-state index is 10.0. The van der Waals surface area contributed by atoms with E-state index in [1.54, 1.807) is 18.2 Å². The van der Waals surface area contributed by atoms with Crippen molar-refractivity contribution in [1.29, 1.82) is 0 Å². The lowest BCUT2D eigenvalue weighted by molar-refractivity contribution is 0.458. The Morgan fingerprint density at radius 3 is 2.61 bits per heavy atom. The fraction of sp³-hybridized carbons (Fsp3) is 0.150. The van der Waals surface area contributed by atoms with Gasteiger partial charge in [0, 0.05) is 0 Å². The number of rotatable bonds is 1. The minimum absolute atomic E-state index is 0.167. The van der Waals surface area contributed by atoms with Gasteiger partial charge in [-0.2, -0.15) is 0 Å². The van der Waals surface area contributed by atoms with Crippen LogP contribution in [0.2, 0.25) is 0 Å². The van der Waals surface area contributed by atoms with E-state index >= 15 is 0 Å². The molecule has 0 saturated heterocycles. The lowest BCUT2D eigenvalue weighted by Crippen LogP contribution is -2.02. The molecule has 3 aromatic rings.